The molecule has 1 saturated carbocycles. The van der Waals surface area contributed by atoms with E-state index in [2.05, 4.69) is 5.10 Å². The number of rotatable bonds is 2. The van der Waals surface area contributed by atoms with Gasteiger partial charge in [-0.15, -0.1) is 0 Å². The lowest BCUT2D eigenvalue weighted by Crippen LogP contribution is -2.57. The molecule has 106 valence electrons. The molecule has 0 bridgehead atoms. The monoisotopic (exact) mass is 303 g/mol. The summed E-state index contributed by atoms with van der Waals surface area (Å²) in [6.07, 6.45) is 4.74. The van der Waals surface area contributed by atoms with Gasteiger partial charge >= 0.3 is 0 Å². The highest BCUT2D eigenvalue weighted by atomic mass is 35.5. The molecule has 0 radical (unpaired) electrons. The van der Waals surface area contributed by atoms with Crippen molar-refractivity contribution in [2.24, 2.45) is 12.5 Å². The van der Waals surface area contributed by atoms with Gasteiger partial charge < -0.3 is 0 Å². The van der Waals surface area contributed by atoms with Crippen LogP contribution in [0.5, 0.6) is 0 Å². The summed E-state index contributed by atoms with van der Waals surface area (Å²) in [4.78, 5) is 0. The highest BCUT2D eigenvalue weighted by Gasteiger charge is 2.50. The molecule has 0 atom stereocenters. The molecule has 0 N–H and O–H groups in total. The van der Waals surface area contributed by atoms with Crippen LogP contribution in [0.4, 0.5) is 0 Å². The van der Waals surface area contributed by atoms with E-state index in [9.17, 15) is 8.42 Å². The molecule has 0 unspecified atom stereocenters. The summed E-state index contributed by atoms with van der Waals surface area (Å²) in [6.45, 7) is 2.99. The molecule has 1 spiro atoms. The zero-order chi connectivity index (χ0) is 13.8. The first-order chi connectivity index (χ1) is 8.86. The van der Waals surface area contributed by atoms with Crippen LogP contribution in [-0.2, 0) is 17.1 Å². The third kappa shape index (κ3) is 1.92. The van der Waals surface area contributed by atoms with E-state index in [1.807, 2.05) is 0 Å². The molecular weight excluding hydrogens is 286 g/mol. The summed E-state index contributed by atoms with van der Waals surface area (Å²) >= 11 is 6.09. The van der Waals surface area contributed by atoms with Gasteiger partial charge in [-0.25, -0.2) is 8.42 Å². The zero-order valence-electron chi connectivity index (χ0n) is 11.2. The van der Waals surface area contributed by atoms with Gasteiger partial charge in [0.1, 0.15) is 5.02 Å². The molecule has 2 heterocycles. The fraction of sp³-hybridized carbons (Fsp3) is 0.750. The van der Waals surface area contributed by atoms with Crippen LogP contribution in [0.15, 0.2) is 5.03 Å². The van der Waals surface area contributed by atoms with Gasteiger partial charge in [-0.1, -0.05) is 24.4 Å². The minimum Gasteiger partial charge on any atom is -0.255 e. The van der Waals surface area contributed by atoms with Crippen molar-refractivity contribution in [3.05, 3.63) is 10.7 Å². The number of sulfonamides is 1. The van der Waals surface area contributed by atoms with Crippen LogP contribution < -0.4 is 0 Å². The van der Waals surface area contributed by atoms with E-state index in [-0.39, 0.29) is 15.5 Å². The Morgan fingerprint density at radius 1 is 1.26 bits per heavy atom. The molecule has 0 aromatic carbocycles. The largest absolute Gasteiger partial charge is 0.261 e. The lowest BCUT2D eigenvalue weighted by Gasteiger charge is -2.46. The van der Waals surface area contributed by atoms with Crippen molar-refractivity contribution in [3.63, 3.8) is 0 Å². The van der Waals surface area contributed by atoms with Crippen LogP contribution in [0, 0.1) is 12.3 Å². The quantitative estimate of drug-likeness (QED) is 0.839. The first-order valence-electron chi connectivity index (χ1n) is 6.55. The second-order valence-electron chi connectivity index (χ2n) is 5.81. The summed E-state index contributed by atoms with van der Waals surface area (Å²) < 4.78 is 28.1. The Balaban J connectivity index is 1.88. The minimum absolute atomic E-state index is 0.125. The van der Waals surface area contributed by atoms with Crippen LogP contribution in [0.25, 0.3) is 0 Å². The standard InChI is InChI=1S/C12H18ClN3O2S/c1-9-10(13)11(15(2)14-9)19(17,18)16-7-12(8-16)5-3-4-6-12/h3-8H2,1-2H3. The molecule has 1 aliphatic heterocycles. The lowest BCUT2D eigenvalue weighted by molar-refractivity contribution is 0.0772. The first kappa shape index (κ1) is 13.4. The maximum absolute atomic E-state index is 12.6. The van der Waals surface area contributed by atoms with Gasteiger partial charge in [0.2, 0.25) is 0 Å². The molecule has 1 saturated heterocycles. The SMILES string of the molecule is Cc1nn(C)c(S(=O)(=O)N2CC3(CCCC3)C2)c1Cl. The average Bonchev–Trinajstić information content (AvgIpc) is 2.83. The van der Waals surface area contributed by atoms with Gasteiger partial charge in [-0.05, 0) is 25.2 Å². The lowest BCUT2D eigenvalue weighted by atomic mass is 9.80. The summed E-state index contributed by atoms with van der Waals surface area (Å²) in [5.74, 6) is 0. The summed E-state index contributed by atoms with van der Waals surface area (Å²) in [5, 5.41) is 4.46. The maximum atomic E-state index is 12.6. The molecule has 0 amide bonds. The van der Waals surface area contributed by atoms with E-state index in [1.165, 1.54) is 17.5 Å². The van der Waals surface area contributed by atoms with Crippen LogP contribution >= 0.6 is 11.6 Å². The minimum atomic E-state index is -3.50. The predicted molar refractivity (Wildman–Crippen MR) is 72.6 cm³/mol. The van der Waals surface area contributed by atoms with Crippen molar-refractivity contribution in [2.45, 2.75) is 37.6 Å². The third-order valence-corrected chi connectivity index (χ3v) is 6.83. The highest BCUT2D eigenvalue weighted by Crippen LogP contribution is 2.47. The van der Waals surface area contributed by atoms with Crippen molar-refractivity contribution in [1.82, 2.24) is 14.1 Å². The van der Waals surface area contributed by atoms with Gasteiger partial charge in [-0.2, -0.15) is 9.40 Å². The fourth-order valence-electron chi connectivity index (χ4n) is 3.33. The number of hydrogen-bond donors (Lipinski definition) is 0. The highest BCUT2D eigenvalue weighted by molar-refractivity contribution is 7.89. The fourth-order valence-corrected chi connectivity index (χ4v) is 5.66. The van der Waals surface area contributed by atoms with E-state index in [4.69, 9.17) is 11.6 Å². The van der Waals surface area contributed by atoms with Crippen LogP contribution in [-0.4, -0.2) is 35.6 Å². The zero-order valence-corrected chi connectivity index (χ0v) is 12.8. The molecule has 7 heteroatoms. The Morgan fingerprint density at radius 3 is 2.32 bits per heavy atom. The molecule has 2 aliphatic rings. The Kier molecular flexibility index (Phi) is 2.96. The van der Waals surface area contributed by atoms with Gasteiger partial charge in [0, 0.05) is 20.1 Å². The van der Waals surface area contributed by atoms with Crippen LogP contribution in [0.3, 0.4) is 0 Å². The Hall–Kier alpha value is -0.590. The molecule has 1 aromatic heterocycles. The normalized spacial score (nSPS) is 22.9. The van der Waals surface area contributed by atoms with Crippen LogP contribution in [0.1, 0.15) is 31.4 Å². The molecule has 1 aliphatic carbocycles. The van der Waals surface area contributed by atoms with E-state index in [1.54, 1.807) is 18.3 Å². The van der Waals surface area contributed by atoms with E-state index < -0.39 is 10.0 Å². The van der Waals surface area contributed by atoms with Crippen molar-refractivity contribution in [2.75, 3.05) is 13.1 Å². The molecule has 19 heavy (non-hydrogen) atoms. The van der Waals surface area contributed by atoms with Gasteiger partial charge in [0.05, 0.1) is 5.69 Å². The number of aryl methyl sites for hydroxylation is 2. The summed E-state index contributed by atoms with van der Waals surface area (Å²) in [7, 11) is -1.88. The molecular formula is C12H18ClN3O2S. The molecule has 5 nitrogen and oxygen atoms in total. The number of aromatic nitrogens is 2. The predicted octanol–water partition coefficient (Wildman–Crippen LogP) is 1.95. The van der Waals surface area contributed by atoms with Crippen LogP contribution in [0.2, 0.25) is 5.02 Å². The van der Waals surface area contributed by atoms with E-state index in [0.29, 0.717) is 18.8 Å². The Labute approximate surface area is 118 Å². The number of halogens is 1. The Morgan fingerprint density at radius 2 is 1.84 bits per heavy atom. The van der Waals surface area contributed by atoms with Gasteiger partial charge in [0.15, 0.2) is 5.03 Å². The maximum Gasteiger partial charge on any atom is 0.261 e. The van der Waals surface area contributed by atoms with E-state index >= 15 is 0 Å². The van der Waals surface area contributed by atoms with Gasteiger partial charge in [0.25, 0.3) is 10.0 Å². The van der Waals surface area contributed by atoms with E-state index in [0.717, 1.165) is 12.8 Å². The molecule has 2 fully saturated rings. The second-order valence-corrected chi connectivity index (χ2v) is 8.04. The van der Waals surface area contributed by atoms with Gasteiger partial charge in [-0.3, -0.25) is 4.68 Å². The summed E-state index contributed by atoms with van der Waals surface area (Å²) in [5.41, 5.74) is 0.798. The number of nitrogens with zero attached hydrogens (tertiary/aromatic N) is 3. The van der Waals surface area contributed by atoms with Crippen molar-refractivity contribution in [3.8, 4) is 0 Å². The van der Waals surface area contributed by atoms with Crippen molar-refractivity contribution >= 4 is 21.6 Å². The van der Waals surface area contributed by atoms with Crippen molar-refractivity contribution in [1.29, 1.82) is 0 Å². The third-order valence-electron chi connectivity index (χ3n) is 4.37. The Bertz CT molecular complexity index is 609. The summed E-state index contributed by atoms with van der Waals surface area (Å²) in [6, 6.07) is 0. The molecule has 1 aromatic rings. The topological polar surface area (TPSA) is 55.2 Å². The first-order valence-corrected chi connectivity index (χ1v) is 8.37. The molecule has 3 rings (SSSR count). The average molecular weight is 304 g/mol. The van der Waals surface area contributed by atoms with Crippen molar-refractivity contribution < 1.29 is 8.42 Å². The second kappa shape index (κ2) is 4.20. The smallest absolute Gasteiger partial charge is 0.255 e. The number of hydrogen-bond acceptors (Lipinski definition) is 3.